The van der Waals surface area contributed by atoms with Gasteiger partial charge in [-0.25, -0.2) is 0 Å². The average molecular weight is 201 g/mol. The van der Waals surface area contributed by atoms with Crippen LogP contribution in [0.15, 0.2) is 0 Å². The molecule has 1 aliphatic carbocycles. The van der Waals surface area contributed by atoms with Crippen LogP contribution in [-0.4, -0.2) is 37.4 Å². The Balaban J connectivity index is 1.86. The molecule has 1 fully saturated rings. The van der Waals surface area contributed by atoms with Gasteiger partial charge in [0.25, 0.3) is 0 Å². The molecule has 0 aliphatic heterocycles. The Labute approximate surface area is 84.6 Å². The van der Waals surface area contributed by atoms with Crippen LogP contribution < -0.4 is 5.32 Å². The molecule has 0 spiro atoms. The van der Waals surface area contributed by atoms with E-state index in [9.17, 15) is 4.79 Å². The van der Waals surface area contributed by atoms with Crippen molar-refractivity contribution in [1.29, 1.82) is 0 Å². The summed E-state index contributed by atoms with van der Waals surface area (Å²) >= 11 is 0. The second-order valence-corrected chi connectivity index (χ2v) is 3.80. The minimum absolute atomic E-state index is 0.0615. The Morgan fingerprint density at radius 1 is 1.57 bits per heavy atom. The highest BCUT2D eigenvalue weighted by atomic mass is 16.5. The number of carbonyl (C=O) groups is 1. The van der Waals surface area contributed by atoms with Crippen molar-refractivity contribution in [3.05, 3.63) is 0 Å². The molecule has 82 valence electrons. The predicted molar refractivity (Wildman–Crippen MR) is 52.8 cm³/mol. The fourth-order valence-corrected chi connectivity index (χ4v) is 1.37. The second kappa shape index (κ2) is 5.98. The molecule has 4 heteroatoms. The lowest BCUT2D eigenvalue weighted by Gasteiger charge is -2.04. The predicted octanol–water partition coefficient (Wildman–Crippen LogP) is 0.158. The van der Waals surface area contributed by atoms with E-state index < -0.39 is 0 Å². The first kappa shape index (κ1) is 11.5. The van der Waals surface area contributed by atoms with Gasteiger partial charge in [-0.3, -0.25) is 4.79 Å². The maximum Gasteiger partial charge on any atom is 0.223 e. The normalized spacial score (nSPS) is 24.7. The van der Waals surface area contributed by atoms with E-state index in [1.165, 1.54) is 0 Å². The van der Waals surface area contributed by atoms with Crippen LogP contribution in [0.3, 0.4) is 0 Å². The van der Waals surface area contributed by atoms with Gasteiger partial charge in [0.2, 0.25) is 5.91 Å². The minimum Gasteiger partial charge on any atom is -0.394 e. The van der Waals surface area contributed by atoms with Gasteiger partial charge in [-0.2, -0.15) is 0 Å². The highest BCUT2D eigenvalue weighted by Gasteiger charge is 2.38. The summed E-state index contributed by atoms with van der Waals surface area (Å²) in [6.07, 6.45) is 1.85. The summed E-state index contributed by atoms with van der Waals surface area (Å²) in [5, 5.41) is 11.3. The van der Waals surface area contributed by atoms with Gasteiger partial charge in [0.15, 0.2) is 0 Å². The number of carbonyl (C=O) groups excluding carboxylic acids is 1. The molecule has 14 heavy (non-hydrogen) atoms. The van der Waals surface area contributed by atoms with E-state index in [-0.39, 0.29) is 18.4 Å². The summed E-state index contributed by atoms with van der Waals surface area (Å²) in [6.45, 7) is 3.81. The fraction of sp³-hybridized carbons (Fsp3) is 0.900. The van der Waals surface area contributed by atoms with Crippen LogP contribution in [0.2, 0.25) is 0 Å². The third kappa shape index (κ3) is 4.07. The molecule has 0 bridgehead atoms. The van der Waals surface area contributed by atoms with Crippen LogP contribution in [0, 0.1) is 11.8 Å². The van der Waals surface area contributed by atoms with Crippen LogP contribution >= 0.6 is 0 Å². The molecule has 1 saturated carbocycles. The molecular formula is C10H19NO3. The summed E-state index contributed by atoms with van der Waals surface area (Å²) in [5.41, 5.74) is 0. The fourth-order valence-electron chi connectivity index (χ4n) is 1.37. The van der Waals surface area contributed by atoms with Crippen molar-refractivity contribution in [2.45, 2.75) is 19.8 Å². The molecule has 0 aromatic rings. The van der Waals surface area contributed by atoms with Crippen LogP contribution in [0.5, 0.6) is 0 Å². The highest BCUT2D eigenvalue weighted by molar-refractivity contribution is 5.81. The first-order valence-corrected chi connectivity index (χ1v) is 5.22. The van der Waals surface area contributed by atoms with Crippen molar-refractivity contribution in [1.82, 2.24) is 5.32 Å². The maximum atomic E-state index is 11.3. The van der Waals surface area contributed by atoms with Crippen LogP contribution in [0.25, 0.3) is 0 Å². The van der Waals surface area contributed by atoms with E-state index >= 15 is 0 Å². The first-order valence-electron chi connectivity index (χ1n) is 5.22. The number of aliphatic hydroxyl groups is 1. The van der Waals surface area contributed by atoms with E-state index in [1.807, 2.05) is 0 Å². The molecular weight excluding hydrogens is 182 g/mol. The summed E-state index contributed by atoms with van der Waals surface area (Å²) in [5.74, 6) is 1.01. The largest absolute Gasteiger partial charge is 0.394 e. The molecule has 0 aromatic heterocycles. The summed E-state index contributed by atoms with van der Waals surface area (Å²) in [6, 6.07) is 0. The number of hydrogen-bond acceptors (Lipinski definition) is 3. The minimum atomic E-state index is 0.0615. The standard InChI is InChI=1S/C10H19NO3/c1-8-7-9(8)10(13)11-3-2-5-14-6-4-12/h8-9,12H,2-7H2,1H3,(H,11,13). The third-order valence-electron chi connectivity index (χ3n) is 2.45. The van der Waals surface area contributed by atoms with Gasteiger partial charge in [0, 0.05) is 19.1 Å². The van der Waals surface area contributed by atoms with E-state index in [0.717, 1.165) is 12.8 Å². The van der Waals surface area contributed by atoms with Crippen LogP contribution in [0.1, 0.15) is 19.8 Å². The maximum absolute atomic E-state index is 11.3. The molecule has 0 aromatic carbocycles. The van der Waals surface area contributed by atoms with Gasteiger partial charge >= 0.3 is 0 Å². The molecule has 2 atom stereocenters. The van der Waals surface area contributed by atoms with Crippen molar-refractivity contribution < 1.29 is 14.6 Å². The quantitative estimate of drug-likeness (QED) is 0.577. The molecule has 1 rings (SSSR count). The van der Waals surface area contributed by atoms with Crippen LogP contribution in [-0.2, 0) is 9.53 Å². The van der Waals surface area contributed by atoms with Crippen molar-refractivity contribution >= 4 is 5.91 Å². The smallest absolute Gasteiger partial charge is 0.223 e. The Bertz CT molecular complexity index is 184. The average Bonchev–Trinajstić information content (AvgIpc) is 2.88. The van der Waals surface area contributed by atoms with Gasteiger partial charge in [-0.15, -0.1) is 0 Å². The van der Waals surface area contributed by atoms with E-state index in [2.05, 4.69) is 12.2 Å². The molecule has 0 radical (unpaired) electrons. The molecule has 2 unspecified atom stereocenters. The molecule has 0 saturated heterocycles. The monoisotopic (exact) mass is 201 g/mol. The molecule has 4 nitrogen and oxygen atoms in total. The van der Waals surface area contributed by atoms with Crippen molar-refractivity contribution in [3.63, 3.8) is 0 Å². The SMILES string of the molecule is CC1CC1C(=O)NCCCOCCO. The number of nitrogens with one attached hydrogen (secondary N) is 1. The van der Waals surface area contributed by atoms with E-state index in [1.54, 1.807) is 0 Å². The Morgan fingerprint density at radius 3 is 2.86 bits per heavy atom. The molecule has 1 amide bonds. The molecule has 2 N–H and O–H groups in total. The summed E-state index contributed by atoms with van der Waals surface area (Å²) < 4.78 is 5.06. The lowest BCUT2D eigenvalue weighted by Crippen LogP contribution is -2.27. The highest BCUT2D eigenvalue weighted by Crippen LogP contribution is 2.37. The molecule has 0 heterocycles. The molecule has 1 aliphatic rings. The number of amides is 1. The zero-order chi connectivity index (χ0) is 10.4. The number of hydrogen-bond donors (Lipinski definition) is 2. The topological polar surface area (TPSA) is 58.6 Å². The zero-order valence-electron chi connectivity index (χ0n) is 8.66. The number of aliphatic hydroxyl groups excluding tert-OH is 1. The Kier molecular flexibility index (Phi) is 4.90. The van der Waals surface area contributed by atoms with Crippen molar-refractivity contribution in [2.24, 2.45) is 11.8 Å². The number of ether oxygens (including phenoxy) is 1. The van der Waals surface area contributed by atoms with E-state index in [0.29, 0.717) is 25.7 Å². The van der Waals surface area contributed by atoms with Gasteiger partial charge < -0.3 is 15.2 Å². The first-order chi connectivity index (χ1) is 6.75. The summed E-state index contributed by atoms with van der Waals surface area (Å²) in [7, 11) is 0. The van der Waals surface area contributed by atoms with Gasteiger partial charge in [-0.1, -0.05) is 6.92 Å². The Morgan fingerprint density at radius 2 is 2.29 bits per heavy atom. The Hall–Kier alpha value is -0.610. The van der Waals surface area contributed by atoms with E-state index in [4.69, 9.17) is 9.84 Å². The lowest BCUT2D eigenvalue weighted by molar-refractivity contribution is -0.122. The van der Waals surface area contributed by atoms with Crippen molar-refractivity contribution in [3.8, 4) is 0 Å². The summed E-state index contributed by atoms with van der Waals surface area (Å²) in [4.78, 5) is 11.3. The van der Waals surface area contributed by atoms with Crippen LogP contribution in [0.4, 0.5) is 0 Å². The lowest BCUT2D eigenvalue weighted by atomic mass is 10.3. The zero-order valence-corrected chi connectivity index (χ0v) is 8.66. The van der Waals surface area contributed by atoms with Crippen molar-refractivity contribution in [2.75, 3.05) is 26.4 Å². The second-order valence-electron chi connectivity index (χ2n) is 3.80. The van der Waals surface area contributed by atoms with Gasteiger partial charge in [-0.05, 0) is 18.8 Å². The number of rotatable bonds is 7. The van der Waals surface area contributed by atoms with Gasteiger partial charge in [0.1, 0.15) is 0 Å². The van der Waals surface area contributed by atoms with Gasteiger partial charge in [0.05, 0.1) is 13.2 Å². The third-order valence-corrected chi connectivity index (χ3v) is 2.45.